The van der Waals surface area contributed by atoms with Crippen molar-refractivity contribution in [3.8, 4) is 11.8 Å². The molecule has 4 heteroatoms. The highest BCUT2D eigenvalue weighted by molar-refractivity contribution is 9.11. The zero-order valence-corrected chi connectivity index (χ0v) is 12.0. The fourth-order valence-electron chi connectivity index (χ4n) is 1.59. The largest absolute Gasteiger partial charge is 0.269 e. The number of hydrogen-bond acceptors (Lipinski definition) is 2. The minimum atomic E-state index is -0.420. The van der Waals surface area contributed by atoms with Crippen molar-refractivity contribution in [2.24, 2.45) is 0 Å². The molecule has 2 aromatic carbocycles. The molecule has 0 bridgehead atoms. The zero-order valence-electron chi connectivity index (χ0n) is 10.4. The normalized spacial score (nSPS) is 10.6. The predicted molar refractivity (Wildman–Crippen MR) is 83.3 cm³/mol. The molecule has 0 fully saturated rings. The van der Waals surface area contributed by atoms with E-state index in [4.69, 9.17) is 0 Å². The minimum absolute atomic E-state index is 0.0682. The van der Waals surface area contributed by atoms with Crippen LogP contribution in [0.5, 0.6) is 0 Å². The Morgan fingerprint density at radius 2 is 1.75 bits per heavy atom. The molecule has 98 valence electrons. The second-order valence-electron chi connectivity index (χ2n) is 3.94. The van der Waals surface area contributed by atoms with Crippen LogP contribution in [0.3, 0.4) is 0 Å². The first-order valence-electron chi connectivity index (χ1n) is 5.83. The molecule has 2 aromatic rings. The molecule has 0 amide bonds. The maximum atomic E-state index is 10.6. The molecular formula is C16H10BrNO2. The van der Waals surface area contributed by atoms with Gasteiger partial charge in [-0.1, -0.05) is 46.0 Å². The van der Waals surface area contributed by atoms with Crippen LogP contribution < -0.4 is 0 Å². The van der Waals surface area contributed by atoms with Gasteiger partial charge >= 0.3 is 0 Å². The van der Waals surface area contributed by atoms with Crippen molar-refractivity contribution in [2.45, 2.75) is 0 Å². The molecule has 2 rings (SSSR count). The molecule has 20 heavy (non-hydrogen) atoms. The van der Waals surface area contributed by atoms with E-state index in [9.17, 15) is 10.1 Å². The lowest BCUT2D eigenvalue weighted by molar-refractivity contribution is -0.384. The lowest BCUT2D eigenvalue weighted by Crippen LogP contribution is -1.88. The molecule has 0 atom stereocenters. The van der Waals surface area contributed by atoms with E-state index >= 15 is 0 Å². The molecule has 3 nitrogen and oxygen atoms in total. The van der Waals surface area contributed by atoms with Crippen LogP contribution in [0.25, 0.3) is 5.57 Å². The summed E-state index contributed by atoms with van der Waals surface area (Å²) < 4.78 is 0. The number of nitro groups is 1. The third kappa shape index (κ3) is 3.56. The summed E-state index contributed by atoms with van der Waals surface area (Å²) in [5.74, 6) is 6.09. The Kier molecular flexibility index (Phi) is 4.70. The Morgan fingerprint density at radius 3 is 2.30 bits per heavy atom. The predicted octanol–water partition coefficient (Wildman–Crippen LogP) is 4.38. The van der Waals surface area contributed by atoms with E-state index in [1.54, 1.807) is 17.1 Å². The van der Waals surface area contributed by atoms with Crippen LogP contribution in [0.4, 0.5) is 5.69 Å². The van der Waals surface area contributed by atoms with Crippen molar-refractivity contribution in [3.05, 3.63) is 80.8 Å². The number of allylic oxidation sites excluding steroid dienone is 1. The first kappa shape index (κ1) is 14.0. The summed E-state index contributed by atoms with van der Waals surface area (Å²) in [6.45, 7) is 0. The molecule has 0 aromatic heterocycles. The molecule has 0 spiro atoms. The Bertz CT molecular complexity index is 695. The van der Waals surface area contributed by atoms with Gasteiger partial charge in [0.25, 0.3) is 5.69 Å². The van der Waals surface area contributed by atoms with Crippen LogP contribution in [0, 0.1) is 22.0 Å². The number of nitrogens with zero attached hydrogens (tertiary/aromatic N) is 1. The lowest BCUT2D eigenvalue weighted by Gasteiger charge is -1.98. The summed E-state index contributed by atoms with van der Waals surface area (Å²) >= 11 is 3.28. The minimum Gasteiger partial charge on any atom is -0.258 e. The van der Waals surface area contributed by atoms with Crippen molar-refractivity contribution in [1.82, 2.24) is 0 Å². The van der Waals surface area contributed by atoms with Crippen LogP contribution >= 0.6 is 15.9 Å². The highest BCUT2D eigenvalue weighted by Gasteiger charge is 2.05. The van der Waals surface area contributed by atoms with Gasteiger partial charge in [-0.2, -0.15) is 0 Å². The molecule has 0 saturated carbocycles. The van der Waals surface area contributed by atoms with Gasteiger partial charge < -0.3 is 0 Å². The van der Waals surface area contributed by atoms with Gasteiger partial charge in [0, 0.05) is 23.3 Å². The van der Waals surface area contributed by atoms with E-state index in [-0.39, 0.29) is 5.69 Å². The van der Waals surface area contributed by atoms with E-state index in [0.29, 0.717) is 0 Å². The van der Waals surface area contributed by atoms with Crippen LogP contribution in [0.15, 0.2) is 59.6 Å². The van der Waals surface area contributed by atoms with Gasteiger partial charge in [0.1, 0.15) is 0 Å². The topological polar surface area (TPSA) is 43.1 Å². The molecule has 0 aliphatic carbocycles. The fraction of sp³-hybridized carbons (Fsp3) is 0. The number of non-ortho nitro benzene ring substituents is 1. The first-order valence-corrected chi connectivity index (χ1v) is 6.74. The van der Waals surface area contributed by atoms with Gasteiger partial charge in [0.2, 0.25) is 0 Å². The van der Waals surface area contributed by atoms with Crippen LogP contribution in [0.2, 0.25) is 0 Å². The van der Waals surface area contributed by atoms with Crippen molar-refractivity contribution < 1.29 is 4.92 Å². The molecule has 0 heterocycles. The summed E-state index contributed by atoms with van der Waals surface area (Å²) in [5, 5.41) is 10.6. The second kappa shape index (κ2) is 6.69. The van der Waals surface area contributed by atoms with Crippen molar-refractivity contribution in [1.29, 1.82) is 0 Å². The highest BCUT2D eigenvalue weighted by Crippen LogP contribution is 2.19. The Labute approximate surface area is 125 Å². The summed E-state index contributed by atoms with van der Waals surface area (Å²) in [6, 6.07) is 15.9. The van der Waals surface area contributed by atoms with Gasteiger partial charge in [0.05, 0.1) is 4.92 Å². The van der Waals surface area contributed by atoms with Crippen LogP contribution in [-0.4, -0.2) is 4.92 Å². The monoisotopic (exact) mass is 327 g/mol. The van der Waals surface area contributed by atoms with Crippen molar-refractivity contribution in [2.75, 3.05) is 0 Å². The highest BCUT2D eigenvalue weighted by atomic mass is 79.9. The average Bonchev–Trinajstić information content (AvgIpc) is 2.49. The lowest BCUT2D eigenvalue weighted by atomic mass is 10.1. The molecule has 0 radical (unpaired) electrons. The van der Waals surface area contributed by atoms with Crippen LogP contribution in [0.1, 0.15) is 11.1 Å². The van der Waals surface area contributed by atoms with Crippen molar-refractivity contribution >= 4 is 27.2 Å². The van der Waals surface area contributed by atoms with E-state index < -0.39 is 4.92 Å². The van der Waals surface area contributed by atoms with Gasteiger partial charge in [-0.15, -0.1) is 0 Å². The molecule has 0 aliphatic rings. The Morgan fingerprint density at radius 1 is 1.10 bits per heavy atom. The summed E-state index contributed by atoms with van der Waals surface area (Å²) in [6.07, 6.45) is 0. The maximum Gasteiger partial charge on any atom is 0.269 e. The number of benzene rings is 2. The zero-order chi connectivity index (χ0) is 14.4. The molecule has 0 aliphatic heterocycles. The quantitative estimate of drug-likeness (QED) is 0.466. The first-order chi connectivity index (χ1) is 9.70. The smallest absolute Gasteiger partial charge is 0.258 e. The number of hydrogen-bond donors (Lipinski definition) is 0. The van der Waals surface area contributed by atoms with Gasteiger partial charge in [-0.3, -0.25) is 10.1 Å². The standard InChI is InChI=1S/C16H10BrNO2/c17-12-15(7-6-13-4-2-1-3-5-13)14-8-10-16(11-9-14)18(19)20/h1-5,8-12H/b15-12+. The number of nitro benzene ring substituents is 1. The van der Waals surface area contributed by atoms with E-state index in [1.807, 2.05) is 30.3 Å². The van der Waals surface area contributed by atoms with E-state index in [2.05, 4.69) is 27.8 Å². The van der Waals surface area contributed by atoms with E-state index in [1.165, 1.54) is 12.1 Å². The fourth-order valence-corrected chi connectivity index (χ4v) is 1.96. The third-order valence-corrected chi connectivity index (χ3v) is 3.07. The molecule has 0 unspecified atom stereocenters. The second-order valence-corrected chi connectivity index (χ2v) is 4.40. The third-order valence-electron chi connectivity index (χ3n) is 2.61. The molecular weight excluding hydrogens is 318 g/mol. The van der Waals surface area contributed by atoms with Crippen LogP contribution in [-0.2, 0) is 0 Å². The van der Waals surface area contributed by atoms with Gasteiger partial charge in [0.15, 0.2) is 0 Å². The maximum absolute atomic E-state index is 10.6. The molecule has 0 N–H and O–H groups in total. The van der Waals surface area contributed by atoms with Crippen molar-refractivity contribution in [3.63, 3.8) is 0 Å². The SMILES string of the molecule is O=[N+]([O-])c1ccc(/C(C#Cc2ccccc2)=C/Br)cc1. The van der Waals surface area contributed by atoms with Gasteiger partial charge in [-0.25, -0.2) is 0 Å². The average molecular weight is 328 g/mol. The summed E-state index contributed by atoms with van der Waals surface area (Å²) in [4.78, 5) is 11.9. The number of rotatable bonds is 2. The number of halogens is 1. The Hall–Kier alpha value is -2.38. The summed E-state index contributed by atoms with van der Waals surface area (Å²) in [7, 11) is 0. The van der Waals surface area contributed by atoms with E-state index in [0.717, 1.165) is 16.7 Å². The summed E-state index contributed by atoms with van der Waals surface area (Å²) in [5.41, 5.74) is 2.58. The van der Waals surface area contributed by atoms with Gasteiger partial charge in [-0.05, 0) is 34.8 Å². The molecule has 0 saturated heterocycles. The Balaban J connectivity index is 2.26.